The predicted octanol–water partition coefficient (Wildman–Crippen LogP) is 2.61. The first-order chi connectivity index (χ1) is 9.40. The number of nitrogens with zero attached hydrogens (tertiary/aromatic N) is 2. The fourth-order valence-electron chi connectivity index (χ4n) is 2.72. The van der Waals surface area contributed by atoms with Gasteiger partial charge >= 0.3 is 0 Å². The molecule has 2 N–H and O–H groups in total. The zero-order chi connectivity index (χ0) is 14.9. The third kappa shape index (κ3) is 2.90. The van der Waals surface area contributed by atoms with Crippen LogP contribution in [0.5, 0.6) is 0 Å². The number of hydrogen-bond acceptors (Lipinski definition) is 4. The maximum Gasteiger partial charge on any atom is 0.295 e. The first-order valence-electron chi connectivity index (χ1n) is 6.85. The van der Waals surface area contributed by atoms with E-state index in [0.29, 0.717) is 17.2 Å². The van der Waals surface area contributed by atoms with E-state index in [1.54, 1.807) is 13.0 Å². The number of aryl methyl sites for hydroxylation is 1. The van der Waals surface area contributed by atoms with Crippen LogP contribution >= 0.6 is 0 Å². The molecular formula is C14H20FN3O2. The summed E-state index contributed by atoms with van der Waals surface area (Å²) in [5, 5.41) is 11.1. The number of anilines is 1. The van der Waals surface area contributed by atoms with Gasteiger partial charge in [-0.25, -0.2) is 4.39 Å². The molecule has 1 saturated heterocycles. The zero-order valence-electron chi connectivity index (χ0n) is 11.8. The van der Waals surface area contributed by atoms with Crippen molar-refractivity contribution >= 4 is 11.4 Å². The minimum absolute atomic E-state index is 0.141. The number of nitro benzene ring substituents is 1. The monoisotopic (exact) mass is 281 g/mol. The number of benzene rings is 1. The molecule has 1 aromatic carbocycles. The van der Waals surface area contributed by atoms with E-state index >= 15 is 0 Å². The molecule has 1 aliphatic rings. The molecule has 1 unspecified atom stereocenters. The molecule has 2 rings (SSSR count). The molecule has 0 amide bonds. The molecule has 1 aromatic rings. The average molecular weight is 281 g/mol. The van der Waals surface area contributed by atoms with Crippen LogP contribution in [0.4, 0.5) is 15.8 Å². The van der Waals surface area contributed by atoms with E-state index in [0.717, 1.165) is 32.0 Å². The van der Waals surface area contributed by atoms with Gasteiger partial charge in [0, 0.05) is 19.1 Å². The van der Waals surface area contributed by atoms with Gasteiger partial charge in [-0.1, -0.05) is 0 Å². The van der Waals surface area contributed by atoms with Gasteiger partial charge in [-0.15, -0.1) is 0 Å². The van der Waals surface area contributed by atoms with Gasteiger partial charge in [-0.05, 0) is 44.2 Å². The topological polar surface area (TPSA) is 72.4 Å². The third-order valence-electron chi connectivity index (χ3n) is 4.08. The SMILES string of the molecule is Cc1cc(N2CCC(C(C)N)CC2)c([N+](=O)[O-])cc1F. The molecule has 1 heterocycles. The summed E-state index contributed by atoms with van der Waals surface area (Å²) in [6.45, 7) is 5.05. The lowest BCUT2D eigenvalue weighted by Crippen LogP contribution is -2.40. The Bertz CT molecular complexity index is 511. The molecule has 1 aliphatic heterocycles. The van der Waals surface area contributed by atoms with Crippen molar-refractivity contribution in [3.8, 4) is 0 Å². The Morgan fingerprint density at radius 2 is 2.05 bits per heavy atom. The first-order valence-corrected chi connectivity index (χ1v) is 6.85. The number of nitrogens with two attached hydrogens (primary N) is 1. The fourth-order valence-corrected chi connectivity index (χ4v) is 2.72. The molecule has 0 aromatic heterocycles. The number of hydrogen-bond donors (Lipinski definition) is 1. The summed E-state index contributed by atoms with van der Waals surface area (Å²) in [7, 11) is 0. The van der Waals surface area contributed by atoms with Crippen molar-refractivity contribution in [2.75, 3.05) is 18.0 Å². The first kappa shape index (κ1) is 14.7. The Labute approximate surface area is 117 Å². The summed E-state index contributed by atoms with van der Waals surface area (Å²) in [5.74, 6) is -0.0854. The zero-order valence-corrected chi connectivity index (χ0v) is 11.8. The second kappa shape index (κ2) is 5.75. The van der Waals surface area contributed by atoms with Gasteiger partial charge in [-0.3, -0.25) is 10.1 Å². The minimum Gasteiger partial charge on any atom is -0.366 e. The van der Waals surface area contributed by atoms with Crippen molar-refractivity contribution in [2.24, 2.45) is 11.7 Å². The summed E-state index contributed by atoms with van der Waals surface area (Å²) >= 11 is 0. The summed E-state index contributed by atoms with van der Waals surface area (Å²) < 4.78 is 13.5. The van der Waals surface area contributed by atoms with Crippen LogP contribution in [0.15, 0.2) is 12.1 Å². The van der Waals surface area contributed by atoms with Gasteiger partial charge < -0.3 is 10.6 Å². The van der Waals surface area contributed by atoms with Crippen LogP contribution in [-0.4, -0.2) is 24.1 Å². The molecule has 6 heteroatoms. The van der Waals surface area contributed by atoms with Gasteiger partial charge in [0.15, 0.2) is 0 Å². The largest absolute Gasteiger partial charge is 0.366 e. The number of nitro groups is 1. The second-order valence-corrected chi connectivity index (χ2v) is 5.53. The molecule has 1 atom stereocenters. The van der Waals surface area contributed by atoms with Crippen LogP contribution in [0.3, 0.4) is 0 Å². The highest BCUT2D eigenvalue weighted by molar-refractivity contribution is 5.65. The molecule has 0 saturated carbocycles. The summed E-state index contributed by atoms with van der Waals surface area (Å²) in [6, 6.07) is 2.73. The Kier molecular flexibility index (Phi) is 4.23. The van der Waals surface area contributed by atoms with Crippen molar-refractivity contribution < 1.29 is 9.31 Å². The normalized spacial score (nSPS) is 18.1. The van der Waals surface area contributed by atoms with Gasteiger partial charge in [0.2, 0.25) is 0 Å². The van der Waals surface area contributed by atoms with Crippen LogP contribution in [-0.2, 0) is 0 Å². The van der Waals surface area contributed by atoms with E-state index in [1.165, 1.54) is 0 Å². The van der Waals surface area contributed by atoms with Crippen molar-refractivity contribution in [2.45, 2.75) is 32.7 Å². The molecule has 0 bridgehead atoms. The smallest absolute Gasteiger partial charge is 0.295 e. The second-order valence-electron chi connectivity index (χ2n) is 5.53. The molecular weight excluding hydrogens is 261 g/mol. The molecule has 5 nitrogen and oxygen atoms in total. The molecule has 110 valence electrons. The van der Waals surface area contributed by atoms with Crippen molar-refractivity contribution in [1.82, 2.24) is 0 Å². The summed E-state index contributed by atoms with van der Waals surface area (Å²) in [6.07, 6.45) is 1.82. The van der Waals surface area contributed by atoms with E-state index in [9.17, 15) is 14.5 Å². The lowest BCUT2D eigenvalue weighted by Gasteiger charge is -2.35. The van der Waals surface area contributed by atoms with E-state index in [2.05, 4.69) is 0 Å². The maximum absolute atomic E-state index is 13.5. The van der Waals surface area contributed by atoms with Crippen molar-refractivity contribution in [1.29, 1.82) is 0 Å². The summed E-state index contributed by atoms with van der Waals surface area (Å²) in [4.78, 5) is 12.5. The number of rotatable bonds is 3. The molecule has 1 fully saturated rings. The van der Waals surface area contributed by atoms with E-state index in [4.69, 9.17) is 5.73 Å². The Hall–Kier alpha value is -1.69. The van der Waals surface area contributed by atoms with Crippen LogP contribution in [0.2, 0.25) is 0 Å². The Balaban J connectivity index is 2.25. The van der Waals surface area contributed by atoms with Gasteiger partial charge in [0.25, 0.3) is 5.69 Å². The highest BCUT2D eigenvalue weighted by Crippen LogP contribution is 2.33. The van der Waals surface area contributed by atoms with Crippen LogP contribution < -0.4 is 10.6 Å². The highest BCUT2D eigenvalue weighted by Gasteiger charge is 2.27. The maximum atomic E-state index is 13.5. The third-order valence-corrected chi connectivity index (χ3v) is 4.08. The highest BCUT2D eigenvalue weighted by atomic mass is 19.1. The molecule has 0 spiro atoms. The van der Waals surface area contributed by atoms with Crippen molar-refractivity contribution in [3.05, 3.63) is 33.6 Å². The molecule has 0 aliphatic carbocycles. The van der Waals surface area contributed by atoms with E-state index in [-0.39, 0.29) is 11.7 Å². The minimum atomic E-state index is -0.536. The van der Waals surface area contributed by atoms with Gasteiger partial charge in [0.1, 0.15) is 11.5 Å². The van der Waals surface area contributed by atoms with E-state index < -0.39 is 10.7 Å². The standard InChI is InChI=1S/C14H20FN3O2/c1-9-7-13(14(18(19)20)8-12(9)15)17-5-3-11(4-6-17)10(2)16/h7-8,10-11H,3-6,16H2,1-2H3. The fraction of sp³-hybridized carbons (Fsp3) is 0.571. The lowest BCUT2D eigenvalue weighted by atomic mass is 9.90. The number of halogens is 1. The van der Waals surface area contributed by atoms with Crippen molar-refractivity contribution in [3.63, 3.8) is 0 Å². The van der Waals surface area contributed by atoms with Gasteiger partial charge in [0.05, 0.1) is 11.0 Å². The average Bonchev–Trinajstić information content (AvgIpc) is 2.41. The van der Waals surface area contributed by atoms with Crippen LogP contribution in [0.1, 0.15) is 25.3 Å². The lowest BCUT2D eigenvalue weighted by molar-refractivity contribution is -0.384. The predicted molar refractivity (Wildman–Crippen MR) is 76.4 cm³/mol. The number of piperidine rings is 1. The van der Waals surface area contributed by atoms with E-state index in [1.807, 2.05) is 11.8 Å². The van der Waals surface area contributed by atoms with Crippen LogP contribution in [0, 0.1) is 28.8 Å². The quantitative estimate of drug-likeness (QED) is 0.682. The summed E-state index contributed by atoms with van der Waals surface area (Å²) in [5.41, 5.74) is 6.68. The molecule has 20 heavy (non-hydrogen) atoms. The van der Waals surface area contributed by atoms with Gasteiger partial charge in [-0.2, -0.15) is 0 Å². The molecule has 0 radical (unpaired) electrons. The van der Waals surface area contributed by atoms with Crippen LogP contribution in [0.25, 0.3) is 0 Å². The Morgan fingerprint density at radius 1 is 1.45 bits per heavy atom. The Morgan fingerprint density at radius 3 is 2.55 bits per heavy atom.